The first-order valence-corrected chi connectivity index (χ1v) is 16.7. The topological polar surface area (TPSA) is 101 Å². The Balaban J connectivity index is 1.48. The van der Waals surface area contributed by atoms with Crippen LogP contribution in [-0.4, -0.2) is 61.3 Å². The Hall–Kier alpha value is -4.30. The van der Waals surface area contributed by atoms with Crippen LogP contribution in [0.3, 0.4) is 0 Å². The number of piperidine rings is 1. The van der Waals surface area contributed by atoms with Gasteiger partial charge >= 0.3 is 24.4 Å². The molecule has 2 aromatic heterocycles. The fourth-order valence-electron chi connectivity index (χ4n) is 7.24. The highest BCUT2D eigenvalue weighted by Crippen LogP contribution is 2.41. The van der Waals surface area contributed by atoms with Gasteiger partial charge in [0.15, 0.2) is 0 Å². The molecule has 0 radical (unpaired) electrons. The molecule has 0 unspecified atom stereocenters. The number of benzene rings is 1. The van der Waals surface area contributed by atoms with E-state index < -0.39 is 59.1 Å². The highest BCUT2D eigenvalue weighted by Gasteiger charge is 2.45. The summed E-state index contributed by atoms with van der Waals surface area (Å²) in [6, 6.07) is 2.05. The van der Waals surface area contributed by atoms with Crippen LogP contribution in [0, 0.1) is 5.41 Å². The minimum absolute atomic E-state index is 0.101. The first-order valence-electron chi connectivity index (χ1n) is 16.7. The summed E-state index contributed by atoms with van der Waals surface area (Å²) in [7, 11) is 1.85. The molecule has 2 aliphatic rings. The number of hydrogen-bond acceptors (Lipinski definition) is 6. The number of hydrogen-bond donors (Lipinski definition) is 1. The normalized spacial score (nSPS) is 20.9. The zero-order valence-electron chi connectivity index (χ0n) is 28.1. The number of carbonyl (C=O) groups excluding carboxylic acids is 1. The third-order valence-electron chi connectivity index (χ3n) is 10.0. The maximum Gasteiger partial charge on any atom is 0.416 e. The van der Waals surface area contributed by atoms with Crippen molar-refractivity contribution in [2.24, 2.45) is 12.5 Å². The molecule has 3 atom stereocenters. The van der Waals surface area contributed by atoms with Gasteiger partial charge in [-0.2, -0.15) is 26.3 Å². The fourth-order valence-corrected chi connectivity index (χ4v) is 7.24. The van der Waals surface area contributed by atoms with Crippen LogP contribution in [0.1, 0.15) is 81.9 Å². The van der Waals surface area contributed by atoms with Crippen molar-refractivity contribution in [1.29, 1.82) is 0 Å². The predicted molar refractivity (Wildman–Crippen MR) is 172 cm³/mol. The summed E-state index contributed by atoms with van der Waals surface area (Å²) >= 11 is 0. The quantitative estimate of drug-likeness (QED) is 0.211. The smallest absolute Gasteiger partial charge is 0.416 e. The summed E-state index contributed by atoms with van der Waals surface area (Å²) in [5.74, 6) is -0.885. The molecule has 3 heterocycles. The third-order valence-corrected chi connectivity index (χ3v) is 10.0. The van der Waals surface area contributed by atoms with E-state index in [1.807, 2.05) is 43.9 Å². The number of anilines is 1. The zero-order chi connectivity index (χ0) is 36.4. The Morgan fingerprint density at radius 2 is 1.50 bits per heavy atom. The SMILES string of the molecule is CC[C@@H]1C[C@H](N(Cc2cc(C(F)(F)F)cc(C(F)(F)F)c2)c2ncc(-c3ccn(C)c3)cn2)C[C@H](CC)N1C(=O)OCC1(C(=O)O)CCCC1. The number of ether oxygens (including phenoxy) is 1. The molecule has 1 amide bonds. The second-order valence-corrected chi connectivity index (χ2v) is 13.4. The second kappa shape index (κ2) is 14.5. The second-order valence-electron chi connectivity index (χ2n) is 13.4. The summed E-state index contributed by atoms with van der Waals surface area (Å²) in [4.78, 5) is 38.0. The Morgan fingerprint density at radius 1 is 0.940 bits per heavy atom. The lowest BCUT2D eigenvalue weighted by molar-refractivity contribution is -0.151. The van der Waals surface area contributed by atoms with Gasteiger partial charge < -0.3 is 24.2 Å². The lowest BCUT2D eigenvalue weighted by Crippen LogP contribution is -2.57. The van der Waals surface area contributed by atoms with Gasteiger partial charge in [0, 0.05) is 67.6 Å². The van der Waals surface area contributed by atoms with E-state index >= 15 is 0 Å². The lowest BCUT2D eigenvalue weighted by atomic mass is 9.87. The molecule has 15 heteroatoms. The molecule has 1 saturated carbocycles. The maximum absolute atomic E-state index is 13.8. The third kappa shape index (κ3) is 8.02. The van der Waals surface area contributed by atoms with Gasteiger partial charge in [-0.3, -0.25) is 4.79 Å². The summed E-state index contributed by atoms with van der Waals surface area (Å²) < 4.78 is 90.4. The zero-order valence-corrected chi connectivity index (χ0v) is 28.1. The van der Waals surface area contributed by atoms with Crippen LogP contribution in [0.25, 0.3) is 11.1 Å². The average molecular weight is 710 g/mol. The average Bonchev–Trinajstić information content (AvgIpc) is 3.75. The van der Waals surface area contributed by atoms with Crippen molar-refractivity contribution in [3.63, 3.8) is 0 Å². The van der Waals surface area contributed by atoms with Gasteiger partial charge in [0.25, 0.3) is 0 Å². The van der Waals surface area contributed by atoms with Crippen molar-refractivity contribution in [3.8, 4) is 11.1 Å². The summed E-state index contributed by atoms with van der Waals surface area (Å²) in [6.45, 7) is 3.13. The van der Waals surface area contributed by atoms with Crippen molar-refractivity contribution in [3.05, 3.63) is 65.7 Å². The van der Waals surface area contributed by atoms with E-state index in [1.54, 1.807) is 22.2 Å². The Bertz CT molecular complexity index is 1610. The number of nitrogens with zero attached hydrogens (tertiary/aromatic N) is 5. The number of carboxylic acids is 1. The molecule has 1 saturated heterocycles. The molecule has 1 aromatic carbocycles. The van der Waals surface area contributed by atoms with Crippen LogP contribution < -0.4 is 4.90 Å². The monoisotopic (exact) mass is 709 g/mol. The van der Waals surface area contributed by atoms with Gasteiger partial charge in [-0.25, -0.2) is 14.8 Å². The van der Waals surface area contributed by atoms with Crippen LogP contribution >= 0.6 is 0 Å². The van der Waals surface area contributed by atoms with Crippen LogP contribution in [0.4, 0.5) is 37.1 Å². The van der Waals surface area contributed by atoms with Gasteiger partial charge in [0.1, 0.15) is 12.0 Å². The van der Waals surface area contributed by atoms with Gasteiger partial charge in [-0.15, -0.1) is 0 Å². The molecule has 1 aliphatic carbocycles. The molecule has 1 aliphatic heterocycles. The summed E-state index contributed by atoms with van der Waals surface area (Å²) in [5, 5.41) is 9.87. The van der Waals surface area contributed by atoms with Crippen LogP contribution in [0.5, 0.6) is 0 Å². The molecule has 0 spiro atoms. The number of aryl methyl sites for hydroxylation is 1. The van der Waals surface area contributed by atoms with E-state index in [-0.39, 0.29) is 30.7 Å². The molecule has 3 aromatic rings. The number of carbonyl (C=O) groups is 2. The number of amides is 1. The van der Waals surface area contributed by atoms with E-state index in [2.05, 4.69) is 9.97 Å². The van der Waals surface area contributed by atoms with Crippen molar-refractivity contribution in [2.75, 3.05) is 11.5 Å². The van der Waals surface area contributed by atoms with E-state index in [0.717, 1.165) is 18.4 Å². The number of carboxylic acid groups (broad SMARTS) is 1. The van der Waals surface area contributed by atoms with E-state index in [1.165, 1.54) is 0 Å². The maximum atomic E-state index is 13.8. The number of alkyl halides is 6. The van der Waals surface area contributed by atoms with Crippen LogP contribution in [0.15, 0.2) is 49.1 Å². The van der Waals surface area contributed by atoms with Crippen molar-refractivity contribution < 1.29 is 45.8 Å². The molecular formula is C35H41F6N5O4. The van der Waals surface area contributed by atoms with Crippen molar-refractivity contribution in [1.82, 2.24) is 19.4 Å². The molecule has 5 rings (SSSR count). The van der Waals surface area contributed by atoms with Crippen molar-refractivity contribution in [2.45, 2.75) is 102 Å². The first kappa shape index (κ1) is 37.0. The Morgan fingerprint density at radius 3 is 1.96 bits per heavy atom. The highest BCUT2D eigenvalue weighted by atomic mass is 19.4. The fraction of sp³-hybridized carbons (Fsp3) is 0.543. The molecule has 1 N–H and O–H groups in total. The molecule has 9 nitrogen and oxygen atoms in total. The molecule has 2 fully saturated rings. The number of aromatic nitrogens is 3. The standard InChI is InChI=1S/C35H41F6N5O4/c1-4-27-15-29(16-28(5-2)46(27)32(49)50-21-33(30(47)48)9-6-7-10-33)45(31-42-17-24(18-43-31)23-8-11-44(3)20-23)19-22-12-25(34(36,37)38)14-26(13-22)35(39,40)41/h8,11-14,17-18,20,27-29H,4-7,9-10,15-16,19,21H2,1-3H3,(H,47,48)/t27-,28+,29+. The first-order chi connectivity index (χ1) is 23.5. The molecule has 0 bridgehead atoms. The van der Waals surface area contributed by atoms with E-state index in [0.29, 0.717) is 56.2 Å². The minimum Gasteiger partial charge on any atom is -0.481 e. The van der Waals surface area contributed by atoms with Gasteiger partial charge in [-0.05, 0) is 68.4 Å². The van der Waals surface area contributed by atoms with Gasteiger partial charge in [0.2, 0.25) is 5.95 Å². The minimum atomic E-state index is -5.02. The highest BCUT2D eigenvalue weighted by molar-refractivity contribution is 5.76. The number of halogens is 6. The Labute approximate surface area is 286 Å². The number of aliphatic carboxylic acids is 1. The molecule has 50 heavy (non-hydrogen) atoms. The predicted octanol–water partition coefficient (Wildman–Crippen LogP) is 8.33. The van der Waals surface area contributed by atoms with E-state index in [9.17, 15) is 41.0 Å². The Kier molecular flexibility index (Phi) is 10.7. The van der Waals surface area contributed by atoms with Gasteiger partial charge in [0.05, 0.1) is 11.1 Å². The summed E-state index contributed by atoms with van der Waals surface area (Å²) in [6.07, 6.45) is -0.0649. The lowest BCUT2D eigenvalue weighted by Gasteiger charge is -2.47. The van der Waals surface area contributed by atoms with Crippen LogP contribution in [-0.2, 0) is 35.5 Å². The van der Waals surface area contributed by atoms with Crippen molar-refractivity contribution >= 4 is 18.0 Å². The molecular weight excluding hydrogens is 668 g/mol. The number of rotatable bonds is 10. The summed E-state index contributed by atoms with van der Waals surface area (Å²) in [5.41, 5.74) is -2.69. The van der Waals surface area contributed by atoms with Gasteiger partial charge in [-0.1, -0.05) is 26.7 Å². The largest absolute Gasteiger partial charge is 0.481 e. The van der Waals surface area contributed by atoms with Crippen LogP contribution in [0.2, 0.25) is 0 Å². The number of likely N-dealkylation sites (tertiary alicyclic amines) is 1. The molecule has 272 valence electrons. The van der Waals surface area contributed by atoms with E-state index in [4.69, 9.17) is 4.74 Å².